The van der Waals surface area contributed by atoms with Gasteiger partial charge in [-0.1, -0.05) is 50.1 Å². The van der Waals surface area contributed by atoms with Gasteiger partial charge in [0.15, 0.2) is 0 Å². The van der Waals surface area contributed by atoms with Gasteiger partial charge in [-0.15, -0.1) is 0 Å². The van der Waals surface area contributed by atoms with Crippen LogP contribution in [0.2, 0.25) is 0 Å². The number of allylic oxidation sites excluding steroid dienone is 2. The Morgan fingerprint density at radius 1 is 1.06 bits per heavy atom. The first-order valence-electron chi connectivity index (χ1n) is 7.08. The van der Waals surface area contributed by atoms with E-state index in [1.54, 1.807) is 0 Å². The predicted octanol–water partition coefficient (Wildman–Crippen LogP) is 4.43. The summed E-state index contributed by atoms with van der Waals surface area (Å²) in [5, 5.41) is 0. The van der Waals surface area contributed by atoms with Crippen molar-refractivity contribution in [1.29, 1.82) is 0 Å². The number of para-hydroxylation sites is 1. The summed E-state index contributed by atoms with van der Waals surface area (Å²) in [6, 6.07) is 8.24. The van der Waals surface area contributed by atoms with Crippen LogP contribution in [-0.4, -0.2) is 0 Å². The van der Waals surface area contributed by atoms with Crippen LogP contribution in [0.5, 0.6) is 0 Å². The zero-order chi connectivity index (χ0) is 13.1. The number of anilines is 1. The summed E-state index contributed by atoms with van der Waals surface area (Å²) in [5.41, 5.74) is 5.10. The van der Waals surface area contributed by atoms with Gasteiger partial charge in [-0.05, 0) is 43.7 Å². The summed E-state index contributed by atoms with van der Waals surface area (Å²) >= 11 is 0. The average molecular weight is 246 g/mol. The van der Waals surface area contributed by atoms with E-state index >= 15 is 0 Å². The van der Waals surface area contributed by atoms with Crippen molar-refractivity contribution in [2.45, 2.75) is 51.9 Å². The Hall–Kier alpha value is -1.28. The Kier molecular flexibility index (Phi) is 7.98. The van der Waals surface area contributed by atoms with Crippen molar-refractivity contribution in [3.05, 3.63) is 42.0 Å². The second kappa shape index (κ2) is 9.72. The molecule has 0 aliphatic rings. The van der Waals surface area contributed by atoms with Gasteiger partial charge in [0.2, 0.25) is 0 Å². The largest absolute Gasteiger partial charge is 0.324 e. The van der Waals surface area contributed by atoms with E-state index in [2.05, 4.69) is 36.6 Å². The fourth-order valence-electron chi connectivity index (χ4n) is 2.04. The van der Waals surface area contributed by atoms with Crippen LogP contribution in [0.15, 0.2) is 36.4 Å². The van der Waals surface area contributed by atoms with Crippen LogP contribution in [0.4, 0.5) is 5.69 Å². The zero-order valence-corrected chi connectivity index (χ0v) is 11.5. The van der Waals surface area contributed by atoms with Crippen LogP contribution in [0.25, 0.3) is 0 Å². The Bertz CT molecular complexity index is 345. The Morgan fingerprint density at radius 2 is 1.78 bits per heavy atom. The molecule has 0 aromatic heterocycles. The number of rotatable bonds is 9. The van der Waals surface area contributed by atoms with Crippen molar-refractivity contribution in [1.82, 2.24) is 0 Å². The standard InChI is InChI=1S/C16H26N2/c1-2-3-4-5-6-7-8-9-12-15-13-10-11-14-16(15)18-17/h6-7,10-11,13-14,18H,2-5,8-9,12,17H2,1H3/b7-6-. The molecule has 0 radical (unpaired) electrons. The Labute approximate surface area is 111 Å². The van der Waals surface area contributed by atoms with E-state index in [4.69, 9.17) is 5.84 Å². The average Bonchev–Trinajstić information content (AvgIpc) is 2.42. The molecule has 0 atom stereocenters. The topological polar surface area (TPSA) is 38.0 Å². The van der Waals surface area contributed by atoms with Crippen molar-refractivity contribution >= 4 is 5.69 Å². The summed E-state index contributed by atoms with van der Waals surface area (Å²) in [4.78, 5) is 0. The van der Waals surface area contributed by atoms with Crippen molar-refractivity contribution in [2.24, 2.45) is 5.84 Å². The minimum absolute atomic E-state index is 1.05. The van der Waals surface area contributed by atoms with Crippen LogP contribution in [-0.2, 0) is 6.42 Å². The third kappa shape index (κ3) is 5.87. The lowest BCUT2D eigenvalue weighted by atomic mass is 10.1. The SMILES string of the molecule is CCCCC/C=C\CCCc1ccccc1NN. The van der Waals surface area contributed by atoms with Gasteiger partial charge in [-0.3, -0.25) is 5.84 Å². The van der Waals surface area contributed by atoms with Crippen molar-refractivity contribution in [3.63, 3.8) is 0 Å². The van der Waals surface area contributed by atoms with Gasteiger partial charge in [0.25, 0.3) is 0 Å². The molecule has 0 heterocycles. The van der Waals surface area contributed by atoms with Gasteiger partial charge in [0, 0.05) is 0 Å². The second-order valence-corrected chi connectivity index (χ2v) is 4.66. The molecule has 0 saturated heterocycles. The highest BCUT2D eigenvalue weighted by Gasteiger charge is 1.98. The van der Waals surface area contributed by atoms with Gasteiger partial charge in [0.05, 0.1) is 5.69 Å². The quantitative estimate of drug-likeness (QED) is 0.293. The summed E-state index contributed by atoms with van der Waals surface area (Å²) in [5.74, 6) is 5.49. The molecule has 0 fully saturated rings. The molecule has 0 spiro atoms. The molecule has 1 aromatic carbocycles. The molecule has 2 nitrogen and oxygen atoms in total. The number of nitrogen functional groups attached to an aromatic ring is 1. The Balaban J connectivity index is 2.17. The van der Waals surface area contributed by atoms with E-state index in [0.717, 1.165) is 18.5 Å². The summed E-state index contributed by atoms with van der Waals surface area (Å²) in [6.07, 6.45) is 13.3. The maximum Gasteiger partial charge on any atom is 0.0517 e. The molecule has 0 aliphatic carbocycles. The molecule has 2 heteroatoms. The maximum atomic E-state index is 5.49. The first kappa shape index (κ1) is 14.8. The number of hydrazine groups is 1. The van der Waals surface area contributed by atoms with E-state index in [-0.39, 0.29) is 0 Å². The molecular weight excluding hydrogens is 220 g/mol. The first-order chi connectivity index (χ1) is 8.88. The number of hydrogen-bond donors (Lipinski definition) is 2. The van der Waals surface area contributed by atoms with E-state index in [9.17, 15) is 0 Å². The second-order valence-electron chi connectivity index (χ2n) is 4.66. The number of unbranched alkanes of at least 4 members (excludes halogenated alkanes) is 4. The lowest BCUT2D eigenvalue weighted by Gasteiger charge is -2.07. The highest BCUT2D eigenvalue weighted by atomic mass is 15.2. The molecule has 1 rings (SSSR count). The van der Waals surface area contributed by atoms with Crippen LogP contribution in [0, 0.1) is 0 Å². The molecule has 0 aliphatic heterocycles. The summed E-state index contributed by atoms with van der Waals surface area (Å²) in [7, 11) is 0. The minimum atomic E-state index is 1.05. The molecule has 1 aromatic rings. The van der Waals surface area contributed by atoms with E-state index in [1.165, 1.54) is 37.7 Å². The van der Waals surface area contributed by atoms with Crippen molar-refractivity contribution in [3.8, 4) is 0 Å². The van der Waals surface area contributed by atoms with Crippen molar-refractivity contribution < 1.29 is 0 Å². The molecule has 100 valence electrons. The van der Waals surface area contributed by atoms with E-state index < -0.39 is 0 Å². The maximum absolute atomic E-state index is 5.49. The molecular formula is C16H26N2. The van der Waals surface area contributed by atoms with Crippen LogP contribution in [0.1, 0.15) is 51.0 Å². The third-order valence-electron chi connectivity index (χ3n) is 3.13. The molecule has 3 N–H and O–H groups in total. The fraction of sp³-hybridized carbons (Fsp3) is 0.500. The number of benzene rings is 1. The summed E-state index contributed by atoms with van der Waals surface area (Å²) < 4.78 is 0. The van der Waals surface area contributed by atoms with Gasteiger partial charge >= 0.3 is 0 Å². The fourth-order valence-corrected chi connectivity index (χ4v) is 2.04. The number of nitrogens with one attached hydrogen (secondary N) is 1. The van der Waals surface area contributed by atoms with E-state index in [0.29, 0.717) is 0 Å². The summed E-state index contributed by atoms with van der Waals surface area (Å²) in [6.45, 7) is 2.24. The minimum Gasteiger partial charge on any atom is -0.324 e. The van der Waals surface area contributed by atoms with Gasteiger partial charge in [-0.25, -0.2) is 0 Å². The normalized spacial score (nSPS) is 11.0. The zero-order valence-electron chi connectivity index (χ0n) is 11.5. The predicted molar refractivity (Wildman–Crippen MR) is 80.5 cm³/mol. The van der Waals surface area contributed by atoms with Gasteiger partial charge in [0.1, 0.15) is 0 Å². The Morgan fingerprint density at radius 3 is 2.50 bits per heavy atom. The number of aryl methyl sites for hydroxylation is 1. The molecule has 0 saturated carbocycles. The van der Waals surface area contributed by atoms with Crippen LogP contribution >= 0.6 is 0 Å². The van der Waals surface area contributed by atoms with Crippen molar-refractivity contribution in [2.75, 3.05) is 5.43 Å². The lowest BCUT2D eigenvalue weighted by Crippen LogP contribution is -2.08. The lowest BCUT2D eigenvalue weighted by molar-refractivity contribution is 0.726. The molecule has 0 bridgehead atoms. The molecule has 0 unspecified atom stereocenters. The highest BCUT2D eigenvalue weighted by Crippen LogP contribution is 2.16. The smallest absolute Gasteiger partial charge is 0.0517 e. The first-order valence-corrected chi connectivity index (χ1v) is 7.08. The number of nitrogens with two attached hydrogens (primary N) is 1. The van der Waals surface area contributed by atoms with Gasteiger partial charge in [-0.2, -0.15) is 0 Å². The van der Waals surface area contributed by atoms with Gasteiger partial charge < -0.3 is 5.43 Å². The third-order valence-corrected chi connectivity index (χ3v) is 3.13. The number of hydrogen-bond acceptors (Lipinski definition) is 2. The molecule has 18 heavy (non-hydrogen) atoms. The highest BCUT2D eigenvalue weighted by molar-refractivity contribution is 5.49. The van der Waals surface area contributed by atoms with E-state index in [1.807, 2.05) is 12.1 Å². The van der Waals surface area contributed by atoms with Crippen LogP contribution < -0.4 is 11.3 Å². The molecule has 0 amide bonds. The monoisotopic (exact) mass is 246 g/mol. The van der Waals surface area contributed by atoms with Crippen LogP contribution in [0.3, 0.4) is 0 Å².